The van der Waals surface area contributed by atoms with E-state index in [9.17, 15) is 26.7 Å². The molecule has 2 aromatic rings. The van der Waals surface area contributed by atoms with Crippen molar-refractivity contribution in [3.8, 4) is 11.5 Å². The third kappa shape index (κ3) is 4.71. The molecule has 0 aliphatic rings. The Hall–Kier alpha value is -3.10. The van der Waals surface area contributed by atoms with Gasteiger partial charge in [0.15, 0.2) is 29.0 Å². The zero-order valence-corrected chi connectivity index (χ0v) is 13.2. The van der Waals surface area contributed by atoms with Crippen LogP contribution in [-0.2, 0) is 4.79 Å². The second kappa shape index (κ2) is 8.32. The molecule has 9 heteroatoms. The SMILES string of the molecule is COc1cc(/C=C/C(=O)Nc2ccc(F)c(F)c2F)ccc1OC(F)F. The minimum absolute atomic E-state index is 0.0134. The molecule has 26 heavy (non-hydrogen) atoms. The van der Waals surface area contributed by atoms with Gasteiger partial charge in [-0.05, 0) is 35.9 Å². The molecule has 0 atom stereocenters. The van der Waals surface area contributed by atoms with Gasteiger partial charge in [0, 0.05) is 6.08 Å². The highest BCUT2D eigenvalue weighted by molar-refractivity contribution is 6.02. The van der Waals surface area contributed by atoms with E-state index in [4.69, 9.17) is 4.74 Å². The fourth-order valence-electron chi connectivity index (χ4n) is 1.95. The van der Waals surface area contributed by atoms with Crippen LogP contribution in [0.3, 0.4) is 0 Å². The molecule has 0 fully saturated rings. The first-order valence-corrected chi connectivity index (χ1v) is 7.07. The van der Waals surface area contributed by atoms with E-state index in [-0.39, 0.29) is 11.5 Å². The number of nitrogens with one attached hydrogen (secondary N) is 1. The average Bonchev–Trinajstić information content (AvgIpc) is 2.61. The van der Waals surface area contributed by atoms with Crippen LogP contribution in [0.1, 0.15) is 5.56 Å². The Morgan fingerprint density at radius 3 is 2.46 bits per heavy atom. The van der Waals surface area contributed by atoms with E-state index in [1.807, 2.05) is 0 Å². The molecule has 0 radical (unpaired) electrons. The molecular formula is C17H12F5NO3. The lowest BCUT2D eigenvalue weighted by molar-refractivity contribution is -0.111. The van der Waals surface area contributed by atoms with Gasteiger partial charge in [0.05, 0.1) is 12.8 Å². The molecule has 0 aliphatic carbocycles. The molecule has 0 spiro atoms. The van der Waals surface area contributed by atoms with Gasteiger partial charge in [0.2, 0.25) is 5.91 Å². The number of hydrogen-bond donors (Lipinski definition) is 1. The summed E-state index contributed by atoms with van der Waals surface area (Å²) >= 11 is 0. The van der Waals surface area contributed by atoms with Crippen molar-refractivity contribution in [2.45, 2.75) is 6.61 Å². The predicted molar refractivity (Wildman–Crippen MR) is 83.6 cm³/mol. The van der Waals surface area contributed by atoms with Crippen LogP contribution < -0.4 is 14.8 Å². The van der Waals surface area contributed by atoms with Gasteiger partial charge in [-0.3, -0.25) is 4.79 Å². The number of halogens is 5. The fourth-order valence-corrected chi connectivity index (χ4v) is 1.95. The summed E-state index contributed by atoms with van der Waals surface area (Å²) in [6.45, 7) is -3.03. The molecule has 0 saturated heterocycles. The number of alkyl halides is 2. The van der Waals surface area contributed by atoms with Crippen LogP contribution in [0.15, 0.2) is 36.4 Å². The number of hydrogen-bond acceptors (Lipinski definition) is 3. The summed E-state index contributed by atoms with van der Waals surface area (Å²) < 4.78 is 73.1. The summed E-state index contributed by atoms with van der Waals surface area (Å²) in [5.41, 5.74) is -0.138. The van der Waals surface area contributed by atoms with Gasteiger partial charge in [-0.1, -0.05) is 6.07 Å². The highest BCUT2D eigenvalue weighted by atomic mass is 19.3. The van der Waals surface area contributed by atoms with Crippen molar-refractivity contribution in [1.29, 1.82) is 0 Å². The standard InChI is InChI=1S/C17H12F5NO3/c1-25-13-8-9(2-6-12(13)26-17(21)22)3-7-14(24)23-11-5-4-10(18)15(19)16(11)20/h2-8,17H,1H3,(H,23,24)/b7-3+. The van der Waals surface area contributed by atoms with Crippen molar-refractivity contribution in [2.75, 3.05) is 12.4 Å². The topological polar surface area (TPSA) is 47.6 Å². The summed E-state index contributed by atoms with van der Waals surface area (Å²) in [7, 11) is 1.25. The van der Waals surface area contributed by atoms with Gasteiger partial charge in [-0.15, -0.1) is 0 Å². The van der Waals surface area contributed by atoms with E-state index >= 15 is 0 Å². The molecular weight excluding hydrogens is 361 g/mol. The number of anilines is 1. The molecule has 1 amide bonds. The van der Waals surface area contributed by atoms with E-state index < -0.39 is 35.7 Å². The van der Waals surface area contributed by atoms with E-state index in [0.717, 1.165) is 12.1 Å². The molecule has 2 aromatic carbocycles. The first-order chi connectivity index (χ1) is 12.3. The molecule has 0 aliphatic heterocycles. The number of rotatable bonds is 6. The molecule has 1 N–H and O–H groups in total. The summed E-state index contributed by atoms with van der Waals surface area (Å²) in [6, 6.07) is 5.47. The number of methoxy groups -OCH3 is 1. The molecule has 0 heterocycles. The summed E-state index contributed by atoms with van der Waals surface area (Å²) in [5.74, 6) is -5.60. The van der Waals surface area contributed by atoms with E-state index in [0.29, 0.717) is 11.6 Å². The zero-order chi connectivity index (χ0) is 19.3. The number of benzene rings is 2. The molecule has 0 bridgehead atoms. The molecule has 0 aromatic heterocycles. The van der Waals surface area contributed by atoms with E-state index in [2.05, 4.69) is 10.1 Å². The highest BCUT2D eigenvalue weighted by Gasteiger charge is 2.14. The van der Waals surface area contributed by atoms with Crippen LogP contribution in [-0.4, -0.2) is 19.6 Å². The van der Waals surface area contributed by atoms with Crippen molar-refractivity contribution in [3.05, 3.63) is 59.4 Å². The Kier molecular flexibility index (Phi) is 6.16. The van der Waals surface area contributed by atoms with Crippen LogP contribution in [0, 0.1) is 17.5 Å². The van der Waals surface area contributed by atoms with Gasteiger partial charge in [-0.25, -0.2) is 13.2 Å². The number of ether oxygens (including phenoxy) is 2. The normalized spacial score (nSPS) is 11.0. The van der Waals surface area contributed by atoms with E-state index in [1.165, 1.54) is 31.4 Å². The van der Waals surface area contributed by atoms with Crippen molar-refractivity contribution in [3.63, 3.8) is 0 Å². The van der Waals surface area contributed by atoms with Gasteiger partial charge >= 0.3 is 6.61 Å². The first-order valence-electron chi connectivity index (χ1n) is 7.07. The monoisotopic (exact) mass is 373 g/mol. The Bertz CT molecular complexity index is 839. The quantitative estimate of drug-likeness (QED) is 0.465. The Morgan fingerprint density at radius 2 is 1.81 bits per heavy atom. The highest BCUT2D eigenvalue weighted by Crippen LogP contribution is 2.29. The molecule has 0 saturated carbocycles. The predicted octanol–water partition coefficient (Wildman–Crippen LogP) is 4.37. The summed E-state index contributed by atoms with van der Waals surface area (Å²) in [6.07, 6.45) is 2.27. The maximum atomic E-state index is 13.5. The second-order valence-corrected chi connectivity index (χ2v) is 4.83. The van der Waals surface area contributed by atoms with Crippen LogP contribution >= 0.6 is 0 Å². The van der Waals surface area contributed by atoms with Crippen molar-refractivity contribution < 1.29 is 36.2 Å². The maximum absolute atomic E-state index is 13.5. The third-order valence-corrected chi connectivity index (χ3v) is 3.12. The van der Waals surface area contributed by atoms with Crippen LogP contribution in [0.2, 0.25) is 0 Å². The Morgan fingerprint density at radius 1 is 1.08 bits per heavy atom. The smallest absolute Gasteiger partial charge is 0.387 e. The van der Waals surface area contributed by atoms with Crippen LogP contribution in [0.4, 0.5) is 27.6 Å². The first kappa shape index (κ1) is 19.2. The Balaban J connectivity index is 2.12. The Labute approximate surface area is 144 Å². The van der Waals surface area contributed by atoms with Crippen molar-refractivity contribution in [2.24, 2.45) is 0 Å². The van der Waals surface area contributed by atoms with Gasteiger partial charge in [-0.2, -0.15) is 8.78 Å². The minimum atomic E-state index is -3.03. The third-order valence-electron chi connectivity index (χ3n) is 3.12. The van der Waals surface area contributed by atoms with Crippen LogP contribution in [0.5, 0.6) is 11.5 Å². The number of carbonyl (C=O) groups excluding carboxylic acids is 1. The molecule has 138 valence electrons. The number of amides is 1. The van der Waals surface area contributed by atoms with Crippen molar-refractivity contribution >= 4 is 17.7 Å². The van der Waals surface area contributed by atoms with Gasteiger partial charge < -0.3 is 14.8 Å². The molecule has 0 unspecified atom stereocenters. The van der Waals surface area contributed by atoms with Gasteiger partial charge in [0.25, 0.3) is 0 Å². The molecule has 4 nitrogen and oxygen atoms in total. The van der Waals surface area contributed by atoms with Crippen molar-refractivity contribution in [1.82, 2.24) is 0 Å². The summed E-state index contributed by atoms with van der Waals surface area (Å²) in [5, 5.41) is 2.05. The fraction of sp³-hybridized carbons (Fsp3) is 0.118. The maximum Gasteiger partial charge on any atom is 0.387 e. The average molecular weight is 373 g/mol. The van der Waals surface area contributed by atoms with E-state index in [1.54, 1.807) is 0 Å². The second-order valence-electron chi connectivity index (χ2n) is 4.83. The number of carbonyl (C=O) groups is 1. The van der Waals surface area contributed by atoms with Crippen LogP contribution in [0.25, 0.3) is 6.08 Å². The lowest BCUT2D eigenvalue weighted by Gasteiger charge is -2.10. The molecule has 2 rings (SSSR count). The lowest BCUT2D eigenvalue weighted by Crippen LogP contribution is -2.10. The lowest BCUT2D eigenvalue weighted by atomic mass is 10.2. The summed E-state index contributed by atoms with van der Waals surface area (Å²) in [4.78, 5) is 11.8. The largest absolute Gasteiger partial charge is 0.493 e. The zero-order valence-electron chi connectivity index (χ0n) is 13.2. The van der Waals surface area contributed by atoms with Gasteiger partial charge in [0.1, 0.15) is 0 Å². The minimum Gasteiger partial charge on any atom is -0.493 e.